The number of benzene rings is 2. The van der Waals surface area contributed by atoms with E-state index < -0.39 is 0 Å². The van der Waals surface area contributed by atoms with Crippen LogP contribution >= 0.6 is 31.9 Å². The molecule has 3 atom stereocenters. The number of hydrogen-bond acceptors (Lipinski definition) is 8. The number of carbonyl (C=O) groups is 2. The van der Waals surface area contributed by atoms with Gasteiger partial charge in [-0.3, -0.25) is 9.59 Å². The van der Waals surface area contributed by atoms with E-state index >= 15 is 0 Å². The fourth-order valence-corrected chi connectivity index (χ4v) is 8.98. The lowest BCUT2D eigenvalue weighted by Crippen LogP contribution is -2.25. The van der Waals surface area contributed by atoms with Crippen LogP contribution in [0.5, 0.6) is 17.6 Å². The number of nitrogens with zero attached hydrogens (tertiary/aromatic N) is 2. The van der Waals surface area contributed by atoms with E-state index in [1.807, 2.05) is 6.07 Å². The fraction of sp³-hybridized carbons (Fsp3) is 0.415. The monoisotopic (exact) mass is 830 g/mol. The molecular weight excluding hydrogens is 788 g/mol. The molecule has 1 aliphatic heterocycles. The zero-order chi connectivity index (χ0) is 36.2. The van der Waals surface area contributed by atoms with Crippen molar-refractivity contribution in [3.05, 3.63) is 85.8 Å². The number of nitrogens with one attached hydrogen (secondary N) is 2. The van der Waals surface area contributed by atoms with Gasteiger partial charge >= 0.3 is 0 Å². The molecule has 1 saturated carbocycles. The van der Waals surface area contributed by atoms with Gasteiger partial charge in [0.2, 0.25) is 23.5 Å². The molecule has 2 aromatic carbocycles. The van der Waals surface area contributed by atoms with Crippen molar-refractivity contribution in [1.82, 2.24) is 20.6 Å². The maximum Gasteiger partial charge on any atom is 0.231 e. The van der Waals surface area contributed by atoms with E-state index in [1.165, 1.54) is 5.56 Å². The largest absolute Gasteiger partial charge is 0.481 e. The van der Waals surface area contributed by atoms with Gasteiger partial charge in [0.1, 0.15) is 11.9 Å². The van der Waals surface area contributed by atoms with Crippen LogP contribution in [0.1, 0.15) is 79.7 Å². The Morgan fingerprint density at radius 3 is 2.40 bits per heavy atom. The normalized spacial score (nSPS) is 19.5. The molecule has 3 heterocycles. The first-order chi connectivity index (χ1) is 25.3. The minimum Gasteiger partial charge on any atom is -0.481 e. The van der Waals surface area contributed by atoms with Gasteiger partial charge in [0.15, 0.2) is 0 Å². The maximum absolute atomic E-state index is 11.7. The average molecular weight is 833 g/mol. The number of halogens is 2. The fourth-order valence-electron chi connectivity index (χ4n) is 7.84. The van der Waals surface area contributed by atoms with Crippen LogP contribution in [0.15, 0.2) is 63.5 Å². The molecule has 0 unspecified atom stereocenters. The van der Waals surface area contributed by atoms with Gasteiger partial charge in [-0.2, -0.15) is 4.98 Å². The molecule has 52 heavy (non-hydrogen) atoms. The maximum atomic E-state index is 11.7. The molecule has 0 radical (unpaired) electrons. The third kappa shape index (κ3) is 8.06. The molecule has 272 valence electrons. The Hall–Kier alpha value is -3.80. The molecule has 2 aliphatic carbocycles. The standard InChI is InChI=1S/C41H44Br2N4O5/c1-50-39-25(6-3-7-27-14-19-37(49)45-27)21-34(42)41(47-39)52-36-18-16-30-29(8-4-9-31(30)36)32-10-5-11-33(38(32)43)35-17-13-26(40(46-35)51-2)23-44-22-24-12-15-28(48)20-24/h4-5,8-11,13,17,21,24,27,36,44H,3,6-7,12,14-16,18-20,22-23H2,1-2H3,(H,45,49)/t24-,27-,36+/m1/s1. The Morgan fingerprint density at radius 2 is 1.63 bits per heavy atom. The van der Waals surface area contributed by atoms with Crippen molar-refractivity contribution in [1.29, 1.82) is 0 Å². The molecule has 4 aromatic rings. The van der Waals surface area contributed by atoms with Crippen LogP contribution < -0.4 is 24.8 Å². The van der Waals surface area contributed by atoms with E-state index in [1.54, 1.807) is 14.2 Å². The van der Waals surface area contributed by atoms with E-state index in [-0.39, 0.29) is 18.1 Å². The number of ketones is 1. The molecule has 1 amide bonds. The number of Topliss-reactive ketones (excluding diaryl/α,β-unsaturated/α-hetero) is 1. The minimum atomic E-state index is -0.150. The average Bonchev–Trinajstić information content (AvgIpc) is 3.89. The van der Waals surface area contributed by atoms with Crippen molar-refractivity contribution >= 4 is 43.6 Å². The Kier molecular flexibility index (Phi) is 11.6. The van der Waals surface area contributed by atoms with Gasteiger partial charge in [-0.1, -0.05) is 42.5 Å². The predicted molar refractivity (Wildman–Crippen MR) is 208 cm³/mol. The number of fused-ring (bicyclic) bond motifs is 1. The highest BCUT2D eigenvalue weighted by molar-refractivity contribution is 9.11. The quantitative estimate of drug-likeness (QED) is 0.130. The van der Waals surface area contributed by atoms with Crippen molar-refractivity contribution < 1.29 is 23.8 Å². The number of hydrogen-bond donors (Lipinski definition) is 2. The SMILES string of the molecule is COc1nc(-c2cccc(-c3cccc4c3CC[C@@H]4Oc3nc(OC)c(CCC[C@@H]4CCC(=O)N4)cc3Br)c2Br)ccc1CNC[C@@H]1CCC(=O)C1. The Labute approximate surface area is 321 Å². The highest BCUT2D eigenvalue weighted by atomic mass is 79.9. The summed E-state index contributed by atoms with van der Waals surface area (Å²) in [5, 5.41) is 6.55. The Morgan fingerprint density at radius 1 is 0.846 bits per heavy atom. The molecular formula is C41H44Br2N4O5. The first-order valence-corrected chi connectivity index (χ1v) is 19.8. The summed E-state index contributed by atoms with van der Waals surface area (Å²) in [4.78, 5) is 32.9. The van der Waals surface area contributed by atoms with E-state index in [9.17, 15) is 9.59 Å². The third-order valence-electron chi connectivity index (χ3n) is 10.5. The lowest BCUT2D eigenvalue weighted by Gasteiger charge is -2.18. The molecule has 7 rings (SSSR count). The van der Waals surface area contributed by atoms with Crippen molar-refractivity contribution in [2.24, 2.45) is 5.92 Å². The Bertz CT molecular complexity index is 1970. The van der Waals surface area contributed by atoms with Gasteiger partial charge in [0.05, 0.1) is 24.4 Å². The van der Waals surface area contributed by atoms with Gasteiger partial charge in [-0.15, -0.1) is 0 Å². The summed E-state index contributed by atoms with van der Waals surface area (Å²) < 4.78 is 19.8. The molecule has 3 aliphatic rings. The molecule has 9 nitrogen and oxygen atoms in total. The van der Waals surface area contributed by atoms with E-state index in [0.717, 1.165) is 99.5 Å². The second-order valence-corrected chi connectivity index (χ2v) is 15.6. The highest BCUT2D eigenvalue weighted by Gasteiger charge is 2.29. The lowest BCUT2D eigenvalue weighted by atomic mass is 9.95. The van der Waals surface area contributed by atoms with Crippen LogP contribution in [-0.2, 0) is 29.0 Å². The van der Waals surface area contributed by atoms with Crippen LogP contribution in [0.2, 0.25) is 0 Å². The number of aryl methyl sites for hydroxylation is 1. The summed E-state index contributed by atoms with van der Waals surface area (Å²) in [5.41, 5.74) is 8.48. The van der Waals surface area contributed by atoms with Crippen molar-refractivity contribution in [3.8, 4) is 40.0 Å². The lowest BCUT2D eigenvalue weighted by molar-refractivity contribution is -0.119. The molecule has 0 bridgehead atoms. The minimum absolute atomic E-state index is 0.148. The van der Waals surface area contributed by atoms with Crippen LogP contribution in [-0.4, -0.2) is 48.5 Å². The second kappa shape index (κ2) is 16.5. The molecule has 2 aromatic heterocycles. The van der Waals surface area contributed by atoms with Crippen molar-refractivity contribution in [2.75, 3.05) is 20.8 Å². The highest BCUT2D eigenvalue weighted by Crippen LogP contribution is 2.45. The number of aromatic nitrogens is 2. The first-order valence-electron chi connectivity index (χ1n) is 18.2. The summed E-state index contributed by atoms with van der Waals surface area (Å²) in [6.45, 7) is 1.45. The van der Waals surface area contributed by atoms with Crippen LogP contribution in [0.25, 0.3) is 22.4 Å². The van der Waals surface area contributed by atoms with Crippen molar-refractivity contribution in [3.63, 3.8) is 0 Å². The number of carbonyl (C=O) groups excluding carboxylic acids is 2. The van der Waals surface area contributed by atoms with Crippen molar-refractivity contribution in [2.45, 2.75) is 82.9 Å². The van der Waals surface area contributed by atoms with Gasteiger partial charge in [-0.25, -0.2) is 4.98 Å². The number of methoxy groups -OCH3 is 2. The zero-order valence-corrected chi connectivity index (χ0v) is 32.8. The molecule has 11 heteroatoms. The molecule has 2 fully saturated rings. The smallest absolute Gasteiger partial charge is 0.231 e. The van der Waals surface area contributed by atoms with Crippen LogP contribution in [0.3, 0.4) is 0 Å². The van der Waals surface area contributed by atoms with E-state index in [0.29, 0.717) is 55.1 Å². The Balaban J connectivity index is 1.06. The van der Waals surface area contributed by atoms with E-state index in [4.69, 9.17) is 24.2 Å². The summed E-state index contributed by atoms with van der Waals surface area (Å²) in [6, 6.07) is 19.1. The summed E-state index contributed by atoms with van der Waals surface area (Å²) in [6.07, 6.45) is 8.10. The van der Waals surface area contributed by atoms with Gasteiger partial charge in [0.25, 0.3) is 0 Å². The second-order valence-electron chi connectivity index (χ2n) is 14.0. The molecule has 1 saturated heterocycles. The molecule has 0 spiro atoms. The van der Waals surface area contributed by atoms with Gasteiger partial charge in [0, 0.05) is 53.0 Å². The first kappa shape index (κ1) is 36.6. The molecule has 2 N–H and O–H groups in total. The van der Waals surface area contributed by atoms with Gasteiger partial charge in [-0.05, 0) is 124 Å². The number of rotatable bonds is 14. The summed E-state index contributed by atoms with van der Waals surface area (Å²) >= 11 is 7.67. The third-order valence-corrected chi connectivity index (χ3v) is 11.9. The summed E-state index contributed by atoms with van der Waals surface area (Å²) in [5.74, 6) is 2.60. The number of pyridine rings is 2. The topological polar surface area (TPSA) is 112 Å². The zero-order valence-electron chi connectivity index (χ0n) is 29.6. The summed E-state index contributed by atoms with van der Waals surface area (Å²) in [7, 11) is 3.30. The number of ether oxygens (including phenoxy) is 3. The predicted octanol–water partition coefficient (Wildman–Crippen LogP) is 8.48. The van der Waals surface area contributed by atoms with Gasteiger partial charge < -0.3 is 24.8 Å². The number of amides is 1. The van der Waals surface area contributed by atoms with Crippen LogP contribution in [0, 0.1) is 5.92 Å². The van der Waals surface area contributed by atoms with Crippen LogP contribution in [0.4, 0.5) is 0 Å². The van der Waals surface area contributed by atoms with E-state index in [2.05, 4.69) is 91.0 Å².